The van der Waals surface area contributed by atoms with E-state index in [4.69, 9.17) is 15.1 Å². The van der Waals surface area contributed by atoms with Crippen LogP contribution in [0.2, 0.25) is 0 Å². The molecular formula is C14H12N2O4. The predicted octanol–water partition coefficient (Wildman–Crippen LogP) is 2.01. The molecule has 0 aliphatic rings. The number of benzene rings is 1. The molecule has 0 saturated heterocycles. The molecule has 1 aromatic carbocycles. The Morgan fingerprint density at radius 2 is 1.90 bits per heavy atom. The summed E-state index contributed by atoms with van der Waals surface area (Å²) in [6.07, 6.45) is 1.35. The molecule has 0 amide bonds. The maximum atomic E-state index is 10.9. The van der Waals surface area contributed by atoms with Crippen molar-refractivity contribution >= 4 is 11.7 Å². The van der Waals surface area contributed by atoms with Gasteiger partial charge in [0.1, 0.15) is 11.5 Å². The SMILES string of the molecule is COc1ccc(/C(=N\O)c2cc(C(=O)O)ccn2)cc1. The number of oxime groups is 1. The minimum atomic E-state index is -1.07. The first-order chi connectivity index (χ1) is 9.65. The van der Waals surface area contributed by atoms with E-state index in [0.29, 0.717) is 11.3 Å². The molecule has 0 aliphatic heterocycles. The fourth-order valence-electron chi connectivity index (χ4n) is 1.70. The van der Waals surface area contributed by atoms with E-state index in [9.17, 15) is 4.79 Å². The van der Waals surface area contributed by atoms with Crippen LogP contribution in [0.15, 0.2) is 47.8 Å². The highest BCUT2D eigenvalue weighted by atomic mass is 16.5. The predicted molar refractivity (Wildman–Crippen MR) is 71.6 cm³/mol. The molecule has 0 saturated carbocycles. The van der Waals surface area contributed by atoms with E-state index in [-0.39, 0.29) is 17.0 Å². The Labute approximate surface area is 115 Å². The van der Waals surface area contributed by atoms with Gasteiger partial charge in [-0.3, -0.25) is 4.98 Å². The van der Waals surface area contributed by atoms with Gasteiger partial charge in [-0.1, -0.05) is 5.16 Å². The standard InChI is InChI=1S/C14H12N2O4/c1-20-11-4-2-9(3-5-11)13(16-19)12-8-10(14(17)18)6-7-15-12/h2-8,19H,1H3,(H,17,18)/b16-13+. The molecule has 0 unspecified atom stereocenters. The molecule has 1 heterocycles. The third-order valence-electron chi connectivity index (χ3n) is 2.71. The van der Waals surface area contributed by atoms with E-state index < -0.39 is 5.97 Å². The van der Waals surface area contributed by atoms with Crippen LogP contribution < -0.4 is 4.74 Å². The molecule has 0 bridgehead atoms. The quantitative estimate of drug-likeness (QED) is 0.504. The second-order valence-corrected chi connectivity index (χ2v) is 3.91. The second-order valence-electron chi connectivity index (χ2n) is 3.91. The Morgan fingerprint density at radius 3 is 2.45 bits per heavy atom. The van der Waals surface area contributed by atoms with Gasteiger partial charge in [0.2, 0.25) is 0 Å². The second kappa shape index (κ2) is 5.83. The van der Waals surface area contributed by atoms with Crippen molar-refractivity contribution in [2.75, 3.05) is 7.11 Å². The summed E-state index contributed by atoms with van der Waals surface area (Å²) < 4.78 is 5.04. The van der Waals surface area contributed by atoms with Gasteiger partial charge in [-0.2, -0.15) is 0 Å². The van der Waals surface area contributed by atoms with Crippen molar-refractivity contribution in [2.45, 2.75) is 0 Å². The van der Waals surface area contributed by atoms with Crippen LogP contribution in [0.5, 0.6) is 5.75 Å². The summed E-state index contributed by atoms with van der Waals surface area (Å²) in [5, 5.41) is 21.3. The zero-order valence-electron chi connectivity index (χ0n) is 10.6. The van der Waals surface area contributed by atoms with Crippen molar-refractivity contribution in [1.29, 1.82) is 0 Å². The molecule has 6 nitrogen and oxygen atoms in total. The third kappa shape index (κ3) is 2.74. The van der Waals surface area contributed by atoms with Crippen molar-refractivity contribution < 1.29 is 19.8 Å². The molecule has 0 fully saturated rings. The number of carbonyl (C=O) groups is 1. The summed E-state index contributed by atoms with van der Waals surface area (Å²) in [5.74, 6) is -0.404. The molecule has 6 heteroatoms. The molecule has 102 valence electrons. The van der Waals surface area contributed by atoms with Crippen LogP contribution in [0.1, 0.15) is 21.6 Å². The number of ether oxygens (including phenoxy) is 1. The monoisotopic (exact) mass is 272 g/mol. The van der Waals surface area contributed by atoms with Gasteiger partial charge < -0.3 is 15.1 Å². The lowest BCUT2D eigenvalue weighted by molar-refractivity contribution is 0.0696. The lowest BCUT2D eigenvalue weighted by atomic mass is 10.1. The van der Waals surface area contributed by atoms with Crippen molar-refractivity contribution in [3.05, 3.63) is 59.4 Å². The van der Waals surface area contributed by atoms with E-state index >= 15 is 0 Å². The van der Waals surface area contributed by atoms with Gasteiger partial charge in [-0.15, -0.1) is 0 Å². The molecule has 1 aromatic heterocycles. The Balaban J connectivity index is 2.41. The average Bonchev–Trinajstić information content (AvgIpc) is 2.49. The number of hydrogen-bond acceptors (Lipinski definition) is 5. The Hall–Kier alpha value is -2.89. The van der Waals surface area contributed by atoms with Crippen molar-refractivity contribution in [3.63, 3.8) is 0 Å². The lowest BCUT2D eigenvalue weighted by Gasteiger charge is -2.06. The minimum Gasteiger partial charge on any atom is -0.497 e. The molecular weight excluding hydrogens is 260 g/mol. The van der Waals surface area contributed by atoms with Crippen LogP contribution in [-0.2, 0) is 0 Å². The first kappa shape index (κ1) is 13.5. The highest BCUT2D eigenvalue weighted by Crippen LogP contribution is 2.15. The Morgan fingerprint density at radius 1 is 1.20 bits per heavy atom. The summed E-state index contributed by atoms with van der Waals surface area (Å²) in [6.45, 7) is 0. The van der Waals surface area contributed by atoms with Gasteiger partial charge in [0.05, 0.1) is 18.4 Å². The number of rotatable bonds is 4. The summed E-state index contributed by atoms with van der Waals surface area (Å²) in [6, 6.07) is 9.53. The lowest BCUT2D eigenvalue weighted by Crippen LogP contribution is -2.08. The van der Waals surface area contributed by atoms with Crippen LogP contribution in [-0.4, -0.2) is 34.1 Å². The zero-order chi connectivity index (χ0) is 14.5. The Bertz CT molecular complexity index is 650. The number of nitrogens with zero attached hydrogens (tertiary/aromatic N) is 2. The van der Waals surface area contributed by atoms with Gasteiger partial charge in [0.15, 0.2) is 0 Å². The Kier molecular flexibility index (Phi) is 3.95. The van der Waals surface area contributed by atoms with Crippen LogP contribution in [0.4, 0.5) is 0 Å². The smallest absolute Gasteiger partial charge is 0.335 e. The van der Waals surface area contributed by atoms with Gasteiger partial charge in [-0.05, 0) is 36.4 Å². The largest absolute Gasteiger partial charge is 0.497 e. The molecule has 20 heavy (non-hydrogen) atoms. The first-order valence-electron chi connectivity index (χ1n) is 5.72. The van der Waals surface area contributed by atoms with Gasteiger partial charge in [0.25, 0.3) is 0 Å². The number of methoxy groups -OCH3 is 1. The summed E-state index contributed by atoms with van der Waals surface area (Å²) in [4.78, 5) is 15.0. The normalized spacial score (nSPS) is 11.2. The molecule has 0 radical (unpaired) electrons. The van der Waals surface area contributed by atoms with E-state index in [1.807, 2.05) is 0 Å². The highest BCUT2D eigenvalue weighted by Gasteiger charge is 2.12. The molecule has 0 atom stereocenters. The van der Waals surface area contributed by atoms with Gasteiger partial charge in [-0.25, -0.2) is 4.79 Å². The molecule has 2 rings (SSSR count). The van der Waals surface area contributed by atoms with E-state index in [1.165, 1.54) is 18.3 Å². The van der Waals surface area contributed by atoms with E-state index in [2.05, 4.69) is 10.1 Å². The van der Waals surface area contributed by atoms with Crippen LogP contribution in [0, 0.1) is 0 Å². The molecule has 2 aromatic rings. The number of carboxylic acid groups (broad SMARTS) is 1. The number of pyridine rings is 1. The number of hydrogen-bond donors (Lipinski definition) is 2. The summed E-state index contributed by atoms with van der Waals surface area (Å²) in [7, 11) is 1.55. The third-order valence-corrected chi connectivity index (χ3v) is 2.71. The van der Waals surface area contributed by atoms with Gasteiger partial charge in [0, 0.05) is 11.8 Å². The topological polar surface area (TPSA) is 92.0 Å². The van der Waals surface area contributed by atoms with Crippen molar-refractivity contribution in [2.24, 2.45) is 5.16 Å². The number of aromatic nitrogens is 1. The van der Waals surface area contributed by atoms with Crippen LogP contribution >= 0.6 is 0 Å². The summed E-state index contributed by atoms with van der Waals surface area (Å²) in [5.41, 5.74) is 1.14. The summed E-state index contributed by atoms with van der Waals surface area (Å²) >= 11 is 0. The average molecular weight is 272 g/mol. The first-order valence-corrected chi connectivity index (χ1v) is 5.72. The molecule has 0 spiro atoms. The number of carboxylic acids is 1. The van der Waals surface area contributed by atoms with Crippen molar-refractivity contribution in [1.82, 2.24) is 4.98 Å². The number of aromatic carboxylic acids is 1. The fourth-order valence-corrected chi connectivity index (χ4v) is 1.70. The molecule has 2 N–H and O–H groups in total. The fraction of sp³-hybridized carbons (Fsp3) is 0.0714. The molecule has 0 aliphatic carbocycles. The minimum absolute atomic E-state index is 0.0738. The zero-order valence-corrected chi connectivity index (χ0v) is 10.6. The van der Waals surface area contributed by atoms with E-state index in [1.54, 1.807) is 31.4 Å². The van der Waals surface area contributed by atoms with Crippen molar-refractivity contribution in [3.8, 4) is 5.75 Å². The highest BCUT2D eigenvalue weighted by molar-refractivity contribution is 6.12. The van der Waals surface area contributed by atoms with Gasteiger partial charge >= 0.3 is 5.97 Å². The van der Waals surface area contributed by atoms with Crippen LogP contribution in [0.25, 0.3) is 0 Å². The maximum Gasteiger partial charge on any atom is 0.335 e. The maximum absolute atomic E-state index is 10.9. The van der Waals surface area contributed by atoms with Crippen LogP contribution in [0.3, 0.4) is 0 Å². The van der Waals surface area contributed by atoms with E-state index in [0.717, 1.165) is 0 Å².